The molecule has 3 nitrogen and oxygen atoms in total. The Morgan fingerprint density at radius 2 is 1.63 bits per heavy atom. The number of nitrogens with zero attached hydrogens (tertiary/aromatic N) is 3. The summed E-state index contributed by atoms with van der Waals surface area (Å²) in [7, 11) is 0. The fourth-order valence-corrected chi connectivity index (χ4v) is 2.15. The second-order valence-electron chi connectivity index (χ2n) is 4.52. The Bertz CT molecular complexity index is 625. The topological polar surface area (TPSA) is 30.7 Å². The smallest absolute Gasteiger partial charge is 0.114 e. The molecule has 3 rings (SSSR count). The molecule has 0 N–H and O–H groups in total. The van der Waals surface area contributed by atoms with Crippen LogP contribution in [0.1, 0.15) is 11.3 Å². The molecule has 19 heavy (non-hydrogen) atoms. The van der Waals surface area contributed by atoms with Gasteiger partial charge in [-0.3, -0.25) is 4.98 Å². The number of para-hydroxylation sites is 1. The van der Waals surface area contributed by atoms with Crippen LogP contribution in [0.15, 0.2) is 54.7 Å². The van der Waals surface area contributed by atoms with Crippen molar-refractivity contribution in [3.63, 3.8) is 0 Å². The highest BCUT2D eigenvalue weighted by Gasteiger charge is 2.14. The van der Waals surface area contributed by atoms with E-state index in [2.05, 4.69) is 31.0 Å². The summed E-state index contributed by atoms with van der Waals surface area (Å²) in [5.74, 6) is 0. The Morgan fingerprint density at radius 1 is 0.895 bits per heavy atom. The maximum Gasteiger partial charge on any atom is 0.114 e. The molecule has 1 aromatic carbocycles. The van der Waals surface area contributed by atoms with Gasteiger partial charge in [-0.15, -0.1) is 0 Å². The molecule has 0 fully saturated rings. The predicted molar refractivity (Wildman–Crippen MR) is 76.3 cm³/mol. The highest BCUT2D eigenvalue weighted by atomic mass is 15.3. The van der Waals surface area contributed by atoms with Gasteiger partial charge in [-0.25, -0.2) is 4.68 Å². The van der Waals surface area contributed by atoms with Crippen LogP contribution in [0.4, 0.5) is 0 Å². The first-order valence-electron chi connectivity index (χ1n) is 6.30. The van der Waals surface area contributed by atoms with Gasteiger partial charge in [-0.1, -0.05) is 24.3 Å². The molecular weight excluding hydrogens is 234 g/mol. The van der Waals surface area contributed by atoms with E-state index in [4.69, 9.17) is 5.10 Å². The van der Waals surface area contributed by atoms with E-state index in [0.717, 1.165) is 22.8 Å². The van der Waals surface area contributed by atoms with Gasteiger partial charge in [0, 0.05) is 11.9 Å². The summed E-state index contributed by atoms with van der Waals surface area (Å²) in [6.07, 6.45) is 1.80. The van der Waals surface area contributed by atoms with Crippen molar-refractivity contribution in [3.05, 3.63) is 66.0 Å². The lowest BCUT2D eigenvalue weighted by Gasteiger charge is -2.03. The summed E-state index contributed by atoms with van der Waals surface area (Å²) in [6, 6.07) is 16.1. The summed E-state index contributed by atoms with van der Waals surface area (Å²) in [6.45, 7) is 4.17. The number of hydrogen-bond acceptors (Lipinski definition) is 2. The van der Waals surface area contributed by atoms with Gasteiger partial charge in [0.2, 0.25) is 0 Å². The van der Waals surface area contributed by atoms with Crippen molar-refractivity contribution in [1.29, 1.82) is 0 Å². The molecule has 3 heteroatoms. The molecule has 0 radical (unpaired) electrons. The van der Waals surface area contributed by atoms with Gasteiger partial charge >= 0.3 is 0 Å². The average Bonchev–Trinajstić information content (AvgIpc) is 2.77. The lowest BCUT2D eigenvalue weighted by atomic mass is 10.1. The monoisotopic (exact) mass is 249 g/mol. The highest BCUT2D eigenvalue weighted by molar-refractivity contribution is 5.60. The molecule has 0 aliphatic heterocycles. The minimum Gasteiger partial charge on any atom is -0.255 e. The molecule has 0 unspecified atom stereocenters. The van der Waals surface area contributed by atoms with Gasteiger partial charge in [0.1, 0.15) is 5.69 Å². The predicted octanol–water partition coefficient (Wildman–Crippen LogP) is 3.55. The molecule has 2 heterocycles. The zero-order valence-corrected chi connectivity index (χ0v) is 11.0. The second kappa shape index (κ2) is 4.69. The van der Waals surface area contributed by atoms with E-state index in [9.17, 15) is 0 Å². The normalized spacial score (nSPS) is 10.6. The maximum absolute atomic E-state index is 4.70. The molecule has 0 atom stereocenters. The fourth-order valence-electron chi connectivity index (χ4n) is 2.15. The van der Waals surface area contributed by atoms with E-state index in [1.165, 1.54) is 5.56 Å². The minimum atomic E-state index is 0.915. The molecule has 0 aliphatic rings. The van der Waals surface area contributed by atoms with Gasteiger partial charge in [0.05, 0.1) is 11.4 Å². The molecule has 0 saturated carbocycles. The van der Waals surface area contributed by atoms with Crippen molar-refractivity contribution < 1.29 is 0 Å². The summed E-state index contributed by atoms with van der Waals surface area (Å²) in [5, 5.41) is 4.70. The summed E-state index contributed by atoms with van der Waals surface area (Å²) < 4.78 is 1.97. The first-order valence-corrected chi connectivity index (χ1v) is 6.30. The van der Waals surface area contributed by atoms with Crippen molar-refractivity contribution in [2.24, 2.45) is 0 Å². The number of aromatic nitrogens is 3. The number of rotatable bonds is 2. The van der Waals surface area contributed by atoms with Crippen molar-refractivity contribution in [2.75, 3.05) is 0 Å². The van der Waals surface area contributed by atoms with Crippen LogP contribution in [0.2, 0.25) is 0 Å². The van der Waals surface area contributed by atoms with Crippen molar-refractivity contribution >= 4 is 0 Å². The van der Waals surface area contributed by atoms with Gasteiger partial charge in [-0.2, -0.15) is 5.10 Å². The molecule has 0 saturated heterocycles. The molecule has 2 aromatic heterocycles. The lowest BCUT2D eigenvalue weighted by Crippen LogP contribution is -1.98. The van der Waals surface area contributed by atoms with E-state index in [1.807, 2.05) is 41.1 Å². The first-order chi connectivity index (χ1) is 9.27. The maximum atomic E-state index is 4.70. The van der Waals surface area contributed by atoms with E-state index < -0.39 is 0 Å². The number of pyridine rings is 1. The quantitative estimate of drug-likeness (QED) is 0.695. The third-order valence-electron chi connectivity index (χ3n) is 3.32. The lowest BCUT2D eigenvalue weighted by molar-refractivity contribution is 0.847. The van der Waals surface area contributed by atoms with E-state index in [0.29, 0.717) is 0 Å². The van der Waals surface area contributed by atoms with Crippen LogP contribution >= 0.6 is 0 Å². The van der Waals surface area contributed by atoms with Gasteiger partial charge in [-0.05, 0) is 43.7 Å². The minimum absolute atomic E-state index is 0.915. The molecule has 0 amide bonds. The van der Waals surface area contributed by atoms with E-state index >= 15 is 0 Å². The van der Waals surface area contributed by atoms with Gasteiger partial charge in [0.15, 0.2) is 0 Å². The highest BCUT2D eigenvalue weighted by Crippen LogP contribution is 2.24. The number of benzene rings is 1. The van der Waals surface area contributed by atoms with Gasteiger partial charge < -0.3 is 0 Å². The Morgan fingerprint density at radius 3 is 2.32 bits per heavy atom. The number of hydrogen-bond donors (Lipinski definition) is 0. The molecular formula is C16H15N3. The van der Waals surface area contributed by atoms with Crippen LogP contribution in [-0.2, 0) is 0 Å². The first kappa shape index (κ1) is 11.7. The summed E-state index contributed by atoms with van der Waals surface area (Å²) in [4.78, 5) is 4.38. The third kappa shape index (κ3) is 2.03. The largest absolute Gasteiger partial charge is 0.255 e. The molecule has 0 bridgehead atoms. The van der Waals surface area contributed by atoms with Crippen LogP contribution in [0.5, 0.6) is 0 Å². The van der Waals surface area contributed by atoms with Crippen molar-refractivity contribution in [1.82, 2.24) is 14.8 Å². The standard InChI is InChI=1S/C16H15N3/c1-12-13(2)19(14-8-4-3-5-9-14)18-16(12)15-10-6-7-11-17-15/h3-11H,1-2H3. The third-order valence-corrected chi connectivity index (χ3v) is 3.32. The SMILES string of the molecule is Cc1c(-c2ccccn2)nn(-c2ccccc2)c1C. The average molecular weight is 249 g/mol. The zero-order chi connectivity index (χ0) is 13.2. The molecule has 3 aromatic rings. The Balaban J connectivity index is 2.16. The zero-order valence-electron chi connectivity index (χ0n) is 11.0. The molecule has 0 aliphatic carbocycles. The molecule has 94 valence electrons. The second-order valence-corrected chi connectivity index (χ2v) is 4.52. The van der Waals surface area contributed by atoms with Crippen molar-refractivity contribution in [2.45, 2.75) is 13.8 Å². The van der Waals surface area contributed by atoms with E-state index in [1.54, 1.807) is 6.20 Å². The van der Waals surface area contributed by atoms with Gasteiger partial charge in [0.25, 0.3) is 0 Å². The molecule has 0 spiro atoms. The Kier molecular flexibility index (Phi) is 2.88. The summed E-state index contributed by atoms with van der Waals surface area (Å²) in [5.41, 5.74) is 5.25. The Hall–Kier alpha value is -2.42. The van der Waals surface area contributed by atoms with Crippen LogP contribution < -0.4 is 0 Å². The van der Waals surface area contributed by atoms with E-state index in [-0.39, 0.29) is 0 Å². The fraction of sp³-hybridized carbons (Fsp3) is 0.125. The van der Waals surface area contributed by atoms with Crippen LogP contribution in [0.25, 0.3) is 17.1 Å². The summed E-state index contributed by atoms with van der Waals surface area (Å²) >= 11 is 0. The van der Waals surface area contributed by atoms with Crippen LogP contribution in [0, 0.1) is 13.8 Å². The van der Waals surface area contributed by atoms with Crippen LogP contribution in [-0.4, -0.2) is 14.8 Å². The Labute approximate surface area is 112 Å². The van der Waals surface area contributed by atoms with Crippen molar-refractivity contribution in [3.8, 4) is 17.1 Å². The van der Waals surface area contributed by atoms with Crippen LogP contribution in [0.3, 0.4) is 0 Å².